The van der Waals surface area contributed by atoms with Gasteiger partial charge in [0.25, 0.3) is 5.69 Å². The standard InChI is InChI=1S/C22H22N4O7S2/c1-4-34-22-17(21(29)32-11-13-5-7-15(8-6-13)26(30)31)25-19(28)16(20(25)35-22)18(33-12(2)27)14-9-23-24(3)10-14/h5-10,16,18,20H,4,11H2,1-3H3/t16?,18?,20-/m1/s1. The van der Waals surface area contributed by atoms with Crippen LogP contribution in [0.25, 0.3) is 0 Å². The van der Waals surface area contributed by atoms with Gasteiger partial charge >= 0.3 is 11.9 Å². The molecule has 2 aliphatic heterocycles. The number of rotatable bonds is 9. The van der Waals surface area contributed by atoms with Crippen LogP contribution in [0, 0.1) is 16.0 Å². The number of hydrogen-bond donors (Lipinski definition) is 0. The molecule has 3 atom stereocenters. The molecule has 1 fully saturated rings. The molecule has 0 spiro atoms. The van der Waals surface area contributed by atoms with E-state index in [4.69, 9.17) is 9.47 Å². The number of thioether (sulfide) groups is 2. The Bertz CT molecular complexity index is 1210. The summed E-state index contributed by atoms with van der Waals surface area (Å²) in [4.78, 5) is 49.8. The minimum Gasteiger partial charge on any atom is -0.457 e. The number of ether oxygens (including phenoxy) is 2. The molecular weight excluding hydrogens is 496 g/mol. The Hall–Kier alpha value is -3.32. The minimum atomic E-state index is -0.828. The summed E-state index contributed by atoms with van der Waals surface area (Å²) in [6, 6.07) is 5.69. The van der Waals surface area contributed by atoms with Crippen LogP contribution in [0.2, 0.25) is 0 Å². The number of aryl methyl sites for hydroxylation is 1. The number of carbonyl (C=O) groups excluding carboxylic acids is 3. The van der Waals surface area contributed by atoms with Crippen LogP contribution in [0.4, 0.5) is 5.69 Å². The van der Waals surface area contributed by atoms with E-state index in [1.807, 2.05) is 6.92 Å². The third-order valence-corrected chi connectivity index (χ3v) is 7.94. The van der Waals surface area contributed by atoms with Crippen LogP contribution >= 0.6 is 23.5 Å². The summed E-state index contributed by atoms with van der Waals surface area (Å²) in [6.07, 6.45) is 2.42. The van der Waals surface area contributed by atoms with Crippen LogP contribution in [0.3, 0.4) is 0 Å². The van der Waals surface area contributed by atoms with Crippen LogP contribution in [0.5, 0.6) is 0 Å². The number of amides is 1. The van der Waals surface area contributed by atoms with Crippen molar-refractivity contribution in [1.29, 1.82) is 0 Å². The van der Waals surface area contributed by atoms with Gasteiger partial charge < -0.3 is 9.47 Å². The molecule has 2 unspecified atom stereocenters. The molecule has 11 nitrogen and oxygen atoms in total. The summed E-state index contributed by atoms with van der Waals surface area (Å²) in [7, 11) is 1.73. The number of β-lactam (4-membered cyclic amide) rings is 1. The van der Waals surface area contributed by atoms with Gasteiger partial charge in [-0.1, -0.05) is 18.7 Å². The molecule has 0 radical (unpaired) electrons. The van der Waals surface area contributed by atoms with E-state index in [-0.39, 0.29) is 23.9 Å². The fourth-order valence-electron chi connectivity index (χ4n) is 3.85. The lowest BCUT2D eigenvalue weighted by Gasteiger charge is -2.45. The largest absolute Gasteiger partial charge is 0.457 e. The second kappa shape index (κ2) is 10.1. The van der Waals surface area contributed by atoms with Crippen molar-refractivity contribution in [3.8, 4) is 0 Å². The second-order valence-corrected chi connectivity index (χ2v) is 10.4. The Morgan fingerprint density at radius 3 is 2.60 bits per heavy atom. The molecule has 1 saturated heterocycles. The number of aromatic nitrogens is 2. The van der Waals surface area contributed by atoms with Crippen molar-refractivity contribution in [3.63, 3.8) is 0 Å². The summed E-state index contributed by atoms with van der Waals surface area (Å²) < 4.78 is 13.2. The predicted octanol–water partition coefficient (Wildman–Crippen LogP) is 3.13. The number of nitro groups is 1. The Morgan fingerprint density at radius 1 is 1.31 bits per heavy atom. The number of nitrogens with zero attached hydrogens (tertiary/aromatic N) is 4. The topological polar surface area (TPSA) is 134 Å². The molecule has 0 aliphatic carbocycles. The quantitative estimate of drug-likeness (QED) is 0.211. The minimum absolute atomic E-state index is 0.0624. The maximum atomic E-state index is 13.3. The van der Waals surface area contributed by atoms with Crippen molar-refractivity contribution in [2.24, 2.45) is 13.0 Å². The highest BCUT2D eigenvalue weighted by Crippen LogP contribution is 2.56. The van der Waals surface area contributed by atoms with Crippen LogP contribution in [0.1, 0.15) is 31.1 Å². The van der Waals surface area contributed by atoms with Gasteiger partial charge in [-0.3, -0.25) is 29.3 Å². The zero-order chi connectivity index (χ0) is 25.3. The first-order valence-corrected chi connectivity index (χ1v) is 12.5. The Morgan fingerprint density at radius 2 is 2.03 bits per heavy atom. The highest BCUT2D eigenvalue weighted by atomic mass is 32.2. The van der Waals surface area contributed by atoms with E-state index in [0.717, 1.165) is 0 Å². The molecule has 0 bridgehead atoms. The van der Waals surface area contributed by atoms with Crippen molar-refractivity contribution in [1.82, 2.24) is 14.7 Å². The molecule has 1 amide bonds. The number of benzene rings is 1. The molecule has 4 rings (SSSR count). The highest BCUT2D eigenvalue weighted by molar-refractivity contribution is 8.22. The molecule has 13 heteroatoms. The van der Waals surface area contributed by atoms with Gasteiger partial charge in [0.15, 0.2) is 5.70 Å². The first kappa shape index (κ1) is 24.8. The summed E-state index contributed by atoms with van der Waals surface area (Å²) >= 11 is 2.80. The monoisotopic (exact) mass is 518 g/mol. The number of carbonyl (C=O) groups is 3. The lowest BCUT2D eigenvalue weighted by molar-refractivity contribution is -0.384. The number of esters is 2. The van der Waals surface area contributed by atoms with E-state index in [0.29, 0.717) is 21.1 Å². The fourth-order valence-corrected chi connectivity index (χ4v) is 6.59. The van der Waals surface area contributed by atoms with Gasteiger partial charge in [-0.2, -0.15) is 5.10 Å². The summed E-state index contributed by atoms with van der Waals surface area (Å²) in [5.41, 5.74) is 1.28. The molecule has 2 aromatic rings. The smallest absolute Gasteiger partial charge is 0.357 e. The average Bonchev–Trinajstić information content (AvgIpc) is 3.39. The fraction of sp³-hybridized carbons (Fsp3) is 0.364. The van der Waals surface area contributed by atoms with E-state index in [1.165, 1.54) is 59.6 Å². The second-order valence-electron chi connectivity index (χ2n) is 7.79. The van der Waals surface area contributed by atoms with E-state index in [9.17, 15) is 24.5 Å². The van der Waals surface area contributed by atoms with Crippen molar-refractivity contribution in [3.05, 3.63) is 67.8 Å². The van der Waals surface area contributed by atoms with E-state index in [1.54, 1.807) is 24.1 Å². The molecule has 0 N–H and O–H groups in total. The number of fused-ring (bicyclic) bond motifs is 1. The first-order valence-electron chi connectivity index (χ1n) is 10.6. The maximum absolute atomic E-state index is 13.3. The molecule has 1 aromatic heterocycles. The SMILES string of the molecule is CCSC1=C(C(=O)OCc2ccc([N+](=O)[O-])cc2)N2C(=O)C(C(OC(C)=O)c3cnn(C)c3)[C@H]2S1. The third kappa shape index (κ3) is 4.91. The summed E-state index contributed by atoms with van der Waals surface area (Å²) in [5.74, 6) is -1.53. The van der Waals surface area contributed by atoms with Crippen LogP contribution in [-0.2, 0) is 37.5 Å². The molecule has 1 aromatic carbocycles. The molecule has 2 aliphatic rings. The third-order valence-electron chi connectivity index (χ3n) is 5.40. The van der Waals surface area contributed by atoms with Crippen molar-refractivity contribution < 1.29 is 28.8 Å². The van der Waals surface area contributed by atoms with E-state index in [2.05, 4.69) is 5.10 Å². The zero-order valence-electron chi connectivity index (χ0n) is 19.1. The molecule has 35 heavy (non-hydrogen) atoms. The summed E-state index contributed by atoms with van der Waals surface area (Å²) in [5, 5.41) is 14.5. The Labute approximate surface area is 209 Å². The lowest BCUT2D eigenvalue weighted by Crippen LogP contribution is -2.59. The van der Waals surface area contributed by atoms with Crippen LogP contribution < -0.4 is 0 Å². The van der Waals surface area contributed by atoms with E-state index >= 15 is 0 Å². The number of hydrogen-bond acceptors (Lipinski definition) is 10. The van der Waals surface area contributed by atoms with Gasteiger partial charge in [-0.25, -0.2) is 4.79 Å². The van der Waals surface area contributed by atoms with Gasteiger partial charge in [-0.05, 0) is 23.4 Å². The van der Waals surface area contributed by atoms with Gasteiger partial charge in [0.05, 0.1) is 15.4 Å². The maximum Gasteiger partial charge on any atom is 0.357 e. The Balaban J connectivity index is 1.52. The van der Waals surface area contributed by atoms with Crippen molar-refractivity contribution in [2.75, 3.05) is 5.75 Å². The molecule has 184 valence electrons. The van der Waals surface area contributed by atoms with Crippen LogP contribution in [-0.4, -0.2) is 48.6 Å². The van der Waals surface area contributed by atoms with Crippen molar-refractivity contribution in [2.45, 2.75) is 31.9 Å². The zero-order valence-corrected chi connectivity index (χ0v) is 20.7. The lowest BCUT2D eigenvalue weighted by atomic mass is 9.88. The Kier molecular flexibility index (Phi) is 7.17. The van der Waals surface area contributed by atoms with E-state index < -0.39 is 34.3 Å². The normalized spacial score (nSPS) is 19.7. The highest BCUT2D eigenvalue weighted by Gasteiger charge is 2.60. The average molecular weight is 519 g/mol. The first-order chi connectivity index (χ1) is 16.7. The van der Waals surface area contributed by atoms with Gasteiger partial charge in [0, 0.05) is 37.9 Å². The number of non-ortho nitro benzene ring substituents is 1. The molecule has 0 saturated carbocycles. The van der Waals surface area contributed by atoms with Gasteiger partial charge in [-0.15, -0.1) is 11.8 Å². The van der Waals surface area contributed by atoms with Gasteiger partial charge in [0.2, 0.25) is 5.91 Å². The summed E-state index contributed by atoms with van der Waals surface area (Å²) in [6.45, 7) is 3.12. The van der Waals surface area contributed by atoms with Crippen LogP contribution in [0.15, 0.2) is 46.6 Å². The number of nitro benzene ring substituents is 1. The predicted molar refractivity (Wildman–Crippen MR) is 127 cm³/mol. The molecular formula is C22H22N4O7S2. The molecule has 3 heterocycles. The van der Waals surface area contributed by atoms with Gasteiger partial charge in [0.1, 0.15) is 24.0 Å². The van der Waals surface area contributed by atoms with Crippen molar-refractivity contribution >= 4 is 47.1 Å².